The third kappa shape index (κ3) is 0.793. The Morgan fingerprint density at radius 2 is 2.75 bits per heavy atom. The van der Waals surface area contributed by atoms with Crippen LogP contribution in [0.4, 0.5) is 0 Å². The number of aromatic nitrogens is 2. The van der Waals surface area contributed by atoms with Crippen molar-refractivity contribution in [3.63, 3.8) is 0 Å². The van der Waals surface area contributed by atoms with Crippen molar-refractivity contribution in [2.75, 3.05) is 0 Å². The maximum absolute atomic E-state index is 8.23. The number of nitrogens with zero attached hydrogens (tertiary/aromatic N) is 3. The number of nitriles is 1. The Labute approximate surface area is 48.0 Å². The zero-order valence-corrected chi connectivity index (χ0v) is 4.00. The van der Waals surface area contributed by atoms with Gasteiger partial charge in [-0.15, -0.1) is 0 Å². The fourth-order valence-corrected chi connectivity index (χ4v) is 0.322. The molecular weight excluding hydrogens is 102 g/mol. The van der Waals surface area contributed by atoms with Gasteiger partial charge in [-0.3, -0.25) is 4.98 Å². The van der Waals surface area contributed by atoms with E-state index in [1.54, 1.807) is 6.07 Å². The highest BCUT2D eigenvalue weighted by atomic mass is 14.8. The van der Waals surface area contributed by atoms with Crippen molar-refractivity contribution in [3.8, 4) is 6.07 Å². The molecule has 0 aliphatic heterocycles. The van der Waals surface area contributed by atoms with Crippen LogP contribution in [-0.2, 0) is 0 Å². The quantitative estimate of drug-likeness (QED) is 0.479. The third-order valence-electron chi connectivity index (χ3n) is 0.629. The maximum atomic E-state index is 8.23. The summed E-state index contributed by atoms with van der Waals surface area (Å²) in [5, 5.41) is 8.23. The van der Waals surface area contributed by atoms with Gasteiger partial charge in [0.15, 0.2) is 5.69 Å². The van der Waals surface area contributed by atoms with E-state index >= 15 is 0 Å². The van der Waals surface area contributed by atoms with E-state index in [1.807, 2.05) is 0 Å². The molecule has 0 aliphatic carbocycles. The first kappa shape index (κ1) is 3.56. The zero-order valence-electron chi connectivity index (χ0n) is 5.00. The van der Waals surface area contributed by atoms with E-state index in [0.717, 1.165) is 0 Å². The summed E-state index contributed by atoms with van der Waals surface area (Å²) in [5.74, 6) is 0. The third-order valence-corrected chi connectivity index (χ3v) is 0.629. The van der Waals surface area contributed by atoms with Gasteiger partial charge in [0.1, 0.15) is 6.07 Å². The Kier molecular flexibility index (Phi) is 0.903. The summed E-state index contributed by atoms with van der Waals surface area (Å²) in [6, 6.07) is 1.77. The highest BCUT2D eigenvalue weighted by Gasteiger charge is 1.82. The molecule has 3 heteroatoms. The number of rotatable bonds is 0. The van der Waals surface area contributed by atoms with E-state index in [0.29, 0.717) is 0 Å². The summed E-state index contributed by atoms with van der Waals surface area (Å²) >= 11 is 0. The smallest absolute Gasteiger partial charge is 0.158 e. The first-order valence-electron chi connectivity index (χ1n) is 2.51. The van der Waals surface area contributed by atoms with E-state index in [-0.39, 0.29) is 11.9 Å². The van der Waals surface area contributed by atoms with Gasteiger partial charge in [0.2, 0.25) is 0 Å². The molecule has 0 aliphatic rings. The molecule has 0 N–H and O–H groups in total. The Morgan fingerprint density at radius 1 is 1.88 bits per heavy atom. The van der Waals surface area contributed by atoms with Gasteiger partial charge in [0.25, 0.3) is 0 Å². The Balaban J connectivity index is 3.12. The van der Waals surface area contributed by atoms with Crippen LogP contribution in [0.3, 0.4) is 0 Å². The van der Waals surface area contributed by atoms with Gasteiger partial charge >= 0.3 is 0 Å². The molecule has 0 bridgehead atoms. The van der Waals surface area contributed by atoms with Gasteiger partial charge in [-0.2, -0.15) is 5.26 Å². The summed E-state index contributed by atoms with van der Waals surface area (Å²) in [6.45, 7) is 0. The topological polar surface area (TPSA) is 49.6 Å². The van der Waals surface area contributed by atoms with E-state index in [2.05, 4.69) is 9.97 Å². The van der Waals surface area contributed by atoms with Gasteiger partial charge in [-0.05, 0) is 0 Å². The summed E-state index contributed by atoms with van der Waals surface area (Å²) in [7, 11) is 0. The maximum Gasteiger partial charge on any atom is 0.158 e. The second-order valence-electron chi connectivity index (χ2n) is 1.15. The monoisotopic (exact) mass is 106 g/mol. The zero-order chi connectivity index (χ0) is 6.69. The predicted octanol–water partition coefficient (Wildman–Crippen LogP) is 0.348. The number of hydrogen-bond donors (Lipinski definition) is 0. The molecule has 0 fully saturated rings. The average molecular weight is 106 g/mol. The van der Waals surface area contributed by atoms with Crippen LogP contribution in [0.5, 0.6) is 0 Å². The lowest BCUT2D eigenvalue weighted by Gasteiger charge is -1.79. The van der Waals surface area contributed by atoms with Gasteiger partial charge in [-0.1, -0.05) is 0 Å². The Bertz CT molecular complexity index is 253. The van der Waals surface area contributed by atoms with E-state index in [4.69, 9.17) is 6.63 Å². The summed E-state index contributed by atoms with van der Waals surface area (Å²) in [6.07, 6.45) is 2.62. The minimum absolute atomic E-state index is 0.0223. The summed E-state index contributed by atoms with van der Waals surface area (Å²) < 4.78 is 6.91. The van der Waals surface area contributed by atoms with Crippen LogP contribution >= 0.6 is 0 Å². The molecule has 1 rings (SSSR count). The lowest BCUT2D eigenvalue weighted by molar-refractivity contribution is 1.16. The van der Waals surface area contributed by atoms with Crippen molar-refractivity contribution < 1.29 is 1.37 Å². The normalized spacial score (nSPS) is 9.62. The largest absolute Gasteiger partial charge is 0.260 e. The standard InChI is InChI=1S/C5H3N3/c6-3-5-4-7-1-2-8-5/h1-2,4H/i2D. The van der Waals surface area contributed by atoms with Crippen LogP contribution in [0.2, 0.25) is 0 Å². The SMILES string of the molecule is [2H]c1cncc(C#N)n1. The van der Waals surface area contributed by atoms with E-state index < -0.39 is 0 Å². The van der Waals surface area contributed by atoms with Crippen LogP contribution in [0.15, 0.2) is 18.6 Å². The second-order valence-corrected chi connectivity index (χ2v) is 1.15. The lowest BCUT2D eigenvalue weighted by Crippen LogP contribution is -1.79. The molecular formula is C5H3N3. The molecule has 0 unspecified atom stereocenters. The van der Waals surface area contributed by atoms with Crippen molar-refractivity contribution in [2.45, 2.75) is 0 Å². The van der Waals surface area contributed by atoms with E-state index in [9.17, 15) is 0 Å². The fraction of sp³-hybridized carbons (Fsp3) is 0. The molecule has 0 aromatic carbocycles. The van der Waals surface area contributed by atoms with Crippen molar-refractivity contribution in [3.05, 3.63) is 24.3 Å². The molecule has 0 spiro atoms. The van der Waals surface area contributed by atoms with Gasteiger partial charge < -0.3 is 0 Å². The van der Waals surface area contributed by atoms with Crippen molar-refractivity contribution >= 4 is 0 Å². The van der Waals surface area contributed by atoms with Crippen LogP contribution in [-0.4, -0.2) is 9.97 Å². The van der Waals surface area contributed by atoms with Gasteiger partial charge in [-0.25, -0.2) is 4.98 Å². The predicted molar refractivity (Wildman–Crippen MR) is 26.7 cm³/mol. The summed E-state index contributed by atoms with van der Waals surface area (Å²) in [5.41, 5.74) is 0.183. The minimum Gasteiger partial charge on any atom is -0.260 e. The first-order valence-corrected chi connectivity index (χ1v) is 2.01. The van der Waals surface area contributed by atoms with E-state index in [1.165, 1.54) is 12.4 Å². The van der Waals surface area contributed by atoms with Gasteiger partial charge in [0.05, 0.1) is 7.57 Å². The highest BCUT2D eigenvalue weighted by molar-refractivity contribution is 5.13. The van der Waals surface area contributed by atoms with Gasteiger partial charge in [0, 0.05) is 12.4 Å². The summed E-state index contributed by atoms with van der Waals surface area (Å²) in [4.78, 5) is 7.12. The molecule has 3 nitrogen and oxygen atoms in total. The van der Waals surface area contributed by atoms with Crippen LogP contribution in [0.1, 0.15) is 7.06 Å². The molecule has 1 heterocycles. The molecule has 0 saturated carbocycles. The Morgan fingerprint density at radius 3 is 3.25 bits per heavy atom. The van der Waals surface area contributed by atoms with Crippen LogP contribution in [0, 0.1) is 11.3 Å². The molecule has 8 heavy (non-hydrogen) atoms. The Hall–Kier alpha value is -1.43. The molecule has 0 amide bonds. The average Bonchev–Trinajstić information content (AvgIpc) is 1.88. The molecule has 0 radical (unpaired) electrons. The minimum atomic E-state index is 0.0223. The van der Waals surface area contributed by atoms with Crippen LogP contribution < -0.4 is 0 Å². The lowest BCUT2D eigenvalue weighted by atomic mass is 10.5. The molecule has 38 valence electrons. The van der Waals surface area contributed by atoms with Crippen molar-refractivity contribution in [1.29, 1.82) is 5.26 Å². The van der Waals surface area contributed by atoms with Crippen molar-refractivity contribution in [2.24, 2.45) is 0 Å². The number of hydrogen-bond acceptors (Lipinski definition) is 3. The first-order chi connectivity index (χ1) is 4.33. The molecule has 1 aromatic rings. The molecule has 0 atom stereocenters. The molecule has 1 aromatic heterocycles. The van der Waals surface area contributed by atoms with Crippen molar-refractivity contribution in [1.82, 2.24) is 9.97 Å². The molecule has 0 saturated heterocycles. The fourth-order valence-electron chi connectivity index (χ4n) is 0.322. The van der Waals surface area contributed by atoms with Crippen LogP contribution in [0.25, 0.3) is 0 Å². The second kappa shape index (κ2) is 2.03. The highest BCUT2D eigenvalue weighted by Crippen LogP contribution is 1.82.